The molecule has 1 aliphatic heterocycles. The number of para-hydroxylation sites is 5. The molecule has 34 heavy (non-hydrogen) atoms. The summed E-state index contributed by atoms with van der Waals surface area (Å²) in [6, 6.07) is 23.3. The Hall–Kier alpha value is -4.30. The highest BCUT2D eigenvalue weighted by atomic mass is 35.5. The van der Waals surface area contributed by atoms with Crippen LogP contribution in [0.5, 0.6) is 0 Å². The molecule has 1 aliphatic rings. The van der Waals surface area contributed by atoms with Crippen molar-refractivity contribution in [3.63, 3.8) is 0 Å². The van der Waals surface area contributed by atoms with Crippen molar-refractivity contribution >= 4 is 52.2 Å². The zero-order valence-corrected chi connectivity index (χ0v) is 19.7. The molecule has 0 fully saturated rings. The molecule has 4 aromatic rings. The Morgan fingerprint density at radius 3 is 2.15 bits per heavy atom. The molecule has 5 rings (SSSR count). The van der Waals surface area contributed by atoms with Crippen molar-refractivity contribution in [2.75, 3.05) is 34.5 Å². The molecular weight excluding hydrogens is 448 g/mol. The highest BCUT2D eigenvalue weighted by Gasteiger charge is 2.24. The first kappa shape index (κ1) is 24.3. The van der Waals surface area contributed by atoms with Gasteiger partial charge in [-0.3, -0.25) is 9.89 Å². The fraction of sp³-hybridized carbons (Fsp3) is 0.0800. The number of nitrogens with zero attached hydrogens (tertiary/aromatic N) is 3. The number of benzene rings is 3. The minimum Gasteiger partial charge on any atom is -1.00 e. The predicted molar refractivity (Wildman–Crippen MR) is 137 cm³/mol. The first-order chi connectivity index (χ1) is 15.9. The number of nitrogen functional groups attached to an aromatic ring is 3. The van der Waals surface area contributed by atoms with Gasteiger partial charge in [0.1, 0.15) is 5.56 Å². The normalized spacial score (nSPS) is 10.9. The molecule has 0 unspecified atom stereocenters. The molecule has 2 heterocycles. The smallest absolute Gasteiger partial charge is 0.344 e. The van der Waals surface area contributed by atoms with Crippen molar-refractivity contribution in [1.29, 1.82) is 0 Å². The average molecular weight is 475 g/mol. The van der Waals surface area contributed by atoms with E-state index in [0.29, 0.717) is 23.1 Å². The fourth-order valence-corrected chi connectivity index (χ4v) is 3.52. The van der Waals surface area contributed by atoms with E-state index in [4.69, 9.17) is 17.2 Å². The Labute approximate surface area is 205 Å². The lowest BCUT2D eigenvalue weighted by Crippen LogP contribution is -3.00. The van der Waals surface area contributed by atoms with Crippen LogP contribution in [0.15, 0.2) is 77.8 Å². The Morgan fingerprint density at radius 2 is 1.47 bits per heavy atom. The van der Waals surface area contributed by atoms with Crippen LogP contribution in [-0.2, 0) is 0 Å². The number of aromatic amines is 1. The molecule has 0 radical (unpaired) electrons. The van der Waals surface area contributed by atoms with Gasteiger partial charge in [0.05, 0.1) is 28.4 Å². The monoisotopic (exact) mass is 474 g/mol. The summed E-state index contributed by atoms with van der Waals surface area (Å²) in [4.78, 5) is 14.3. The summed E-state index contributed by atoms with van der Waals surface area (Å²) in [5.41, 5.74) is 23.0. The van der Waals surface area contributed by atoms with Crippen LogP contribution in [0, 0.1) is 6.92 Å². The Bertz CT molecular complexity index is 1300. The Balaban J connectivity index is 0.000000308. The molecule has 8 N–H and O–H groups in total. The van der Waals surface area contributed by atoms with Gasteiger partial charge in [0.25, 0.3) is 0 Å². The molecule has 0 saturated carbocycles. The SMILES string of the molecule is Cc1ccccc1N(C)c1[nH+]c(N)nc2c1C=Nc1ccccc1N2.Nc1ccccc1N.[Cl-]. The third kappa shape index (κ3) is 5.19. The van der Waals surface area contributed by atoms with E-state index < -0.39 is 0 Å². The maximum Gasteiger partial charge on any atom is 0.344 e. The first-order valence-electron chi connectivity index (χ1n) is 10.5. The van der Waals surface area contributed by atoms with Gasteiger partial charge in [0.15, 0.2) is 0 Å². The minimum atomic E-state index is 0. The molecule has 1 aromatic heterocycles. The number of halogens is 1. The van der Waals surface area contributed by atoms with Gasteiger partial charge in [0.2, 0.25) is 11.6 Å². The molecule has 9 heteroatoms. The van der Waals surface area contributed by atoms with Gasteiger partial charge in [-0.15, -0.1) is 0 Å². The lowest BCUT2D eigenvalue weighted by molar-refractivity contribution is -0.349. The summed E-state index contributed by atoms with van der Waals surface area (Å²) in [5, 5.41) is 3.34. The maximum atomic E-state index is 6.03. The van der Waals surface area contributed by atoms with Gasteiger partial charge in [-0.2, -0.15) is 0 Å². The van der Waals surface area contributed by atoms with E-state index in [1.54, 1.807) is 12.1 Å². The molecule has 3 aromatic carbocycles. The molecule has 0 bridgehead atoms. The second kappa shape index (κ2) is 10.5. The molecule has 0 amide bonds. The van der Waals surface area contributed by atoms with Gasteiger partial charge < -0.3 is 34.9 Å². The van der Waals surface area contributed by atoms with Crippen molar-refractivity contribution in [2.24, 2.45) is 4.99 Å². The van der Waals surface area contributed by atoms with Gasteiger partial charge in [-0.25, -0.2) is 4.98 Å². The number of hydrogen-bond acceptors (Lipinski definition) is 7. The molecule has 0 spiro atoms. The Morgan fingerprint density at radius 1 is 0.853 bits per heavy atom. The van der Waals surface area contributed by atoms with E-state index in [1.165, 1.54) is 5.56 Å². The fourth-order valence-electron chi connectivity index (χ4n) is 3.52. The summed E-state index contributed by atoms with van der Waals surface area (Å²) < 4.78 is 0. The van der Waals surface area contributed by atoms with Gasteiger partial charge in [-0.1, -0.05) is 47.4 Å². The number of nitrogens with two attached hydrogens (primary N) is 3. The van der Waals surface area contributed by atoms with Crippen LogP contribution in [0.3, 0.4) is 0 Å². The molecule has 0 aliphatic carbocycles. The van der Waals surface area contributed by atoms with E-state index in [2.05, 4.69) is 44.2 Å². The van der Waals surface area contributed by atoms with Gasteiger partial charge in [0, 0.05) is 13.3 Å². The second-order valence-corrected chi connectivity index (χ2v) is 7.61. The highest BCUT2D eigenvalue weighted by Crippen LogP contribution is 2.35. The quantitative estimate of drug-likeness (QED) is 0.284. The van der Waals surface area contributed by atoms with E-state index in [0.717, 1.165) is 28.4 Å². The largest absolute Gasteiger partial charge is 1.00 e. The summed E-state index contributed by atoms with van der Waals surface area (Å²) in [6.45, 7) is 2.08. The van der Waals surface area contributed by atoms with Crippen molar-refractivity contribution in [2.45, 2.75) is 6.92 Å². The minimum absolute atomic E-state index is 0. The topological polar surface area (TPSA) is 133 Å². The highest BCUT2D eigenvalue weighted by molar-refractivity contribution is 5.98. The number of nitrogens with one attached hydrogen (secondary N) is 2. The van der Waals surface area contributed by atoms with Crippen molar-refractivity contribution in [3.05, 3.63) is 83.9 Å². The molecule has 174 valence electrons. The van der Waals surface area contributed by atoms with Crippen LogP contribution < -0.4 is 44.8 Å². The van der Waals surface area contributed by atoms with Crippen LogP contribution in [0.25, 0.3) is 0 Å². The number of aryl methyl sites for hydroxylation is 1. The van der Waals surface area contributed by atoms with E-state index in [9.17, 15) is 0 Å². The molecule has 0 saturated heterocycles. The van der Waals surface area contributed by atoms with E-state index in [-0.39, 0.29) is 12.4 Å². The molecule has 0 atom stereocenters. The zero-order chi connectivity index (χ0) is 23.4. The maximum absolute atomic E-state index is 6.03. The average Bonchev–Trinajstić information content (AvgIpc) is 3.00. The first-order valence-corrected chi connectivity index (χ1v) is 10.5. The summed E-state index contributed by atoms with van der Waals surface area (Å²) >= 11 is 0. The third-order valence-electron chi connectivity index (χ3n) is 5.29. The van der Waals surface area contributed by atoms with E-state index >= 15 is 0 Å². The number of aromatic nitrogens is 2. The molecule has 8 nitrogen and oxygen atoms in total. The summed E-state index contributed by atoms with van der Waals surface area (Å²) in [7, 11) is 2.00. The summed E-state index contributed by atoms with van der Waals surface area (Å²) in [6.07, 6.45) is 1.82. The zero-order valence-electron chi connectivity index (χ0n) is 19.0. The summed E-state index contributed by atoms with van der Waals surface area (Å²) in [5.74, 6) is 1.86. The molecular formula is C25H27ClN8. The number of H-pyrrole nitrogens is 1. The standard InChI is InChI=1S/C19H18N6.C6H8N2.ClH/c1-12-7-3-6-10-16(12)25(2)18-13-11-21-14-8-4-5-9-15(14)22-17(13)23-19(20)24-18;7-5-3-1-2-4-6(5)8;/h3-11H,1-2H3,(H3,20,22,23,24);1-4H,7-8H2;1H. The lowest BCUT2D eigenvalue weighted by Gasteiger charge is -2.19. The van der Waals surface area contributed by atoms with E-state index in [1.807, 2.05) is 61.8 Å². The van der Waals surface area contributed by atoms with Crippen LogP contribution >= 0.6 is 0 Å². The number of anilines is 7. The Kier molecular flexibility index (Phi) is 7.55. The van der Waals surface area contributed by atoms with Crippen molar-refractivity contribution in [1.82, 2.24) is 4.98 Å². The third-order valence-corrected chi connectivity index (χ3v) is 5.29. The van der Waals surface area contributed by atoms with Crippen molar-refractivity contribution in [3.8, 4) is 0 Å². The number of fused-ring (bicyclic) bond motifs is 2. The number of hydrogen-bond donors (Lipinski definition) is 4. The second-order valence-electron chi connectivity index (χ2n) is 7.61. The number of aliphatic imine (C=N–C) groups is 1. The van der Waals surface area contributed by atoms with Crippen LogP contribution in [0.2, 0.25) is 0 Å². The van der Waals surface area contributed by atoms with Gasteiger partial charge >= 0.3 is 5.95 Å². The van der Waals surface area contributed by atoms with Crippen LogP contribution in [-0.4, -0.2) is 18.2 Å². The van der Waals surface area contributed by atoms with Crippen LogP contribution in [0.1, 0.15) is 11.1 Å². The van der Waals surface area contributed by atoms with Crippen LogP contribution in [0.4, 0.5) is 46.0 Å². The number of rotatable bonds is 2. The van der Waals surface area contributed by atoms with Crippen molar-refractivity contribution < 1.29 is 17.4 Å². The lowest BCUT2D eigenvalue weighted by atomic mass is 10.1. The van der Waals surface area contributed by atoms with Gasteiger partial charge in [-0.05, 0) is 42.8 Å². The predicted octanol–water partition coefficient (Wildman–Crippen LogP) is 1.22.